The third kappa shape index (κ3) is 3.29. The van der Waals surface area contributed by atoms with Crippen LogP contribution in [-0.2, 0) is 0 Å². The van der Waals surface area contributed by atoms with Gasteiger partial charge in [-0.05, 0) is 49.4 Å². The largest absolute Gasteiger partial charge is 0.375 e. The smallest absolute Gasteiger partial charge is 0.266 e. The highest BCUT2D eigenvalue weighted by atomic mass is 19.1. The zero-order valence-corrected chi connectivity index (χ0v) is 14.6. The van der Waals surface area contributed by atoms with Crippen LogP contribution in [0, 0.1) is 5.82 Å². The Hall–Kier alpha value is -3.54. The van der Waals surface area contributed by atoms with Gasteiger partial charge in [0.05, 0.1) is 22.6 Å². The minimum atomic E-state index is -0.461. The van der Waals surface area contributed by atoms with E-state index in [1.807, 2.05) is 49.4 Å². The Morgan fingerprint density at radius 3 is 2.52 bits per heavy atom. The molecule has 4 rings (SSSR count). The van der Waals surface area contributed by atoms with Gasteiger partial charge in [0.15, 0.2) is 0 Å². The Balaban J connectivity index is 1.92. The number of rotatable bonds is 4. The van der Waals surface area contributed by atoms with E-state index in [1.165, 1.54) is 22.8 Å². The van der Waals surface area contributed by atoms with Gasteiger partial charge in [0.25, 0.3) is 5.56 Å². The molecule has 0 aliphatic rings. The van der Waals surface area contributed by atoms with E-state index >= 15 is 0 Å². The standard InChI is InChI=1S/C21H17FN4O/c1-14(24-16-9-11-23-12-10-16)20-25-19-8-7-15(22)13-18(19)21(27)26(20)17-5-3-2-4-6-17/h2-14H,1H3,(H,23,24)/t14-/m0/s1. The number of nitrogens with one attached hydrogen (secondary N) is 1. The molecule has 5 nitrogen and oxygen atoms in total. The maximum Gasteiger partial charge on any atom is 0.266 e. The summed E-state index contributed by atoms with van der Waals surface area (Å²) in [5, 5.41) is 3.58. The maximum atomic E-state index is 13.7. The molecule has 1 atom stereocenters. The molecule has 4 aromatic rings. The Labute approximate surface area is 155 Å². The van der Waals surface area contributed by atoms with Crippen LogP contribution in [0.2, 0.25) is 0 Å². The third-order valence-corrected chi connectivity index (χ3v) is 4.32. The summed E-state index contributed by atoms with van der Waals surface area (Å²) in [5.74, 6) is 0.0823. The monoisotopic (exact) mass is 360 g/mol. The maximum absolute atomic E-state index is 13.7. The van der Waals surface area contributed by atoms with Crippen molar-refractivity contribution < 1.29 is 4.39 Å². The molecule has 0 bridgehead atoms. The van der Waals surface area contributed by atoms with Gasteiger partial charge in [-0.3, -0.25) is 14.3 Å². The van der Waals surface area contributed by atoms with Gasteiger partial charge in [-0.2, -0.15) is 0 Å². The van der Waals surface area contributed by atoms with Crippen LogP contribution in [0.4, 0.5) is 10.1 Å². The molecule has 134 valence electrons. The lowest BCUT2D eigenvalue weighted by atomic mass is 10.2. The number of halogens is 1. The van der Waals surface area contributed by atoms with E-state index in [0.717, 1.165) is 5.69 Å². The molecule has 0 radical (unpaired) electrons. The Kier molecular flexibility index (Phi) is 4.38. The average Bonchev–Trinajstić information content (AvgIpc) is 2.69. The minimum absolute atomic E-state index is 0.249. The zero-order chi connectivity index (χ0) is 18.8. The van der Waals surface area contributed by atoms with Crippen LogP contribution in [0.3, 0.4) is 0 Å². The Bertz CT molecular complexity index is 1140. The molecule has 2 aromatic carbocycles. The molecular formula is C21H17FN4O. The summed E-state index contributed by atoms with van der Waals surface area (Å²) in [6.45, 7) is 1.93. The van der Waals surface area contributed by atoms with Crippen LogP contribution in [0.15, 0.2) is 77.9 Å². The van der Waals surface area contributed by atoms with Crippen LogP contribution in [0.1, 0.15) is 18.8 Å². The number of anilines is 1. The first-order chi connectivity index (χ1) is 13.1. The van der Waals surface area contributed by atoms with Gasteiger partial charge in [0, 0.05) is 18.1 Å². The Morgan fingerprint density at radius 1 is 1.04 bits per heavy atom. The van der Waals surface area contributed by atoms with Gasteiger partial charge in [-0.15, -0.1) is 0 Å². The van der Waals surface area contributed by atoms with Gasteiger partial charge in [-0.25, -0.2) is 9.37 Å². The van der Waals surface area contributed by atoms with Crippen molar-refractivity contribution in [3.8, 4) is 5.69 Å². The van der Waals surface area contributed by atoms with Crippen LogP contribution < -0.4 is 10.9 Å². The van der Waals surface area contributed by atoms with Gasteiger partial charge in [-0.1, -0.05) is 18.2 Å². The number of fused-ring (bicyclic) bond motifs is 1. The first-order valence-electron chi connectivity index (χ1n) is 8.57. The third-order valence-electron chi connectivity index (χ3n) is 4.32. The zero-order valence-electron chi connectivity index (χ0n) is 14.6. The summed E-state index contributed by atoms with van der Waals surface area (Å²) < 4.78 is 15.2. The summed E-state index contributed by atoms with van der Waals surface area (Å²) in [4.78, 5) is 21.9. The second-order valence-corrected chi connectivity index (χ2v) is 6.21. The van der Waals surface area contributed by atoms with Crippen LogP contribution >= 0.6 is 0 Å². The van der Waals surface area contributed by atoms with Crippen molar-refractivity contribution >= 4 is 16.6 Å². The highest BCUT2D eigenvalue weighted by Crippen LogP contribution is 2.21. The molecule has 0 spiro atoms. The fourth-order valence-electron chi connectivity index (χ4n) is 3.05. The highest BCUT2D eigenvalue weighted by molar-refractivity contribution is 5.78. The van der Waals surface area contributed by atoms with E-state index in [-0.39, 0.29) is 17.0 Å². The molecule has 0 aliphatic carbocycles. The van der Waals surface area contributed by atoms with Crippen LogP contribution in [-0.4, -0.2) is 14.5 Å². The lowest BCUT2D eigenvalue weighted by molar-refractivity contribution is 0.629. The average molecular weight is 360 g/mol. The van der Waals surface area contributed by atoms with Crippen LogP contribution in [0.5, 0.6) is 0 Å². The van der Waals surface area contributed by atoms with Crippen molar-refractivity contribution in [3.63, 3.8) is 0 Å². The number of pyridine rings is 1. The molecule has 0 aliphatic heterocycles. The van der Waals surface area contributed by atoms with Gasteiger partial charge in [0.2, 0.25) is 0 Å². The van der Waals surface area contributed by atoms with E-state index in [1.54, 1.807) is 12.4 Å². The minimum Gasteiger partial charge on any atom is -0.375 e. The predicted molar refractivity (Wildman–Crippen MR) is 104 cm³/mol. The lowest BCUT2D eigenvalue weighted by Gasteiger charge is -2.20. The fraction of sp³-hybridized carbons (Fsp3) is 0.0952. The molecule has 0 unspecified atom stereocenters. The topological polar surface area (TPSA) is 59.8 Å². The summed E-state index contributed by atoms with van der Waals surface area (Å²) in [7, 11) is 0. The number of nitrogens with zero attached hydrogens (tertiary/aromatic N) is 3. The highest BCUT2D eigenvalue weighted by Gasteiger charge is 2.18. The molecule has 27 heavy (non-hydrogen) atoms. The number of benzene rings is 2. The molecule has 0 saturated carbocycles. The fourth-order valence-corrected chi connectivity index (χ4v) is 3.05. The number of hydrogen-bond donors (Lipinski definition) is 1. The van der Waals surface area contributed by atoms with Crippen molar-refractivity contribution in [2.24, 2.45) is 0 Å². The van der Waals surface area contributed by atoms with E-state index in [2.05, 4.69) is 15.3 Å². The molecule has 6 heteroatoms. The summed E-state index contributed by atoms with van der Waals surface area (Å²) in [5.41, 5.74) is 1.71. The van der Waals surface area contributed by atoms with Crippen molar-refractivity contribution in [3.05, 3.63) is 95.1 Å². The van der Waals surface area contributed by atoms with E-state index in [4.69, 9.17) is 0 Å². The normalized spacial score (nSPS) is 12.1. The van der Waals surface area contributed by atoms with Crippen LogP contribution in [0.25, 0.3) is 16.6 Å². The molecule has 2 heterocycles. The summed E-state index contributed by atoms with van der Waals surface area (Å²) in [6.07, 6.45) is 3.38. The Morgan fingerprint density at radius 2 is 1.78 bits per heavy atom. The quantitative estimate of drug-likeness (QED) is 0.595. The second-order valence-electron chi connectivity index (χ2n) is 6.21. The van der Waals surface area contributed by atoms with Gasteiger partial charge < -0.3 is 5.32 Å². The lowest BCUT2D eigenvalue weighted by Crippen LogP contribution is -2.27. The van der Waals surface area contributed by atoms with Gasteiger partial charge >= 0.3 is 0 Å². The molecule has 0 amide bonds. The number of para-hydroxylation sites is 1. The molecule has 2 aromatic heterocycles. The molecular weight excluding hydrogens is 343 g/mol. The van der Waals surface area contributed by atoms with Crippen molar-refractivity contribution in [1.29, 1.82) is 0 Å². The first-order valence-corrected chi connectivity index (χ1v) is 8.57. The SMILES string of the molecule is C[C@H](Nc1ccncc1)c1nc2ccc(F)cc2c(=O)n1-c1ccccc1. The van der Waals surface area contributed by atoms with Crippen molar-refractivity contribution in [2.45, 2.75) is 13.0 Å². The van der Waals surface area contributed by atoms with Crippen molar-refractivity contribution in [2.75, 3.05) is 5.32 Å². The number of hydrogen-bond acceptors (Lipinski definition) is 4. The molecule has 1 N–H and O–H groups in total. The van der Waals surface area contributed by atoms with Gasteiger partial charge in [0.1, 0.15) is 11.6 Å². The summed E-state index contributed by atoms with van der Waals surface area (Å²) in [6, 6.07) is 16.7. The van der Waals surface area contributed by atoms with E-state index in [0.29, 0.717) is 17.0 Å². The predicted octanol–water partition coefficient (Wildman–Crippen LogP) is 4.09. The van der Waals surface area contributed by atoms with E-state index in [9.17, 15) is 9.18 Å². The van der Waals surface area contributed by atoms with E-state index < -0.39 is 5.82 Å². The first kappa shape index (κ1) is 16.9. The second kappa shape index (κ2) is 6.99. The number of aromatic nitrogens is 3. The van der Waals surface area contributed by atoms with Crippen molar-refractivity contribution in [1.82, 2.24) is 14.5 Å². The summed E-state index contributed by atoms with van der Waals surface area (Å²) >= 11 is 0. The molecule has 0 saturated heterocycles. The molecule has 0 fully saturated rings.